The van der Waals surface area contributed by atoms with Gasteiger partial charge in [-0.2, -0.15) is 4.98 Å². The highest BCUT2D eigenvalue weighted by atomic mass is 15.2. The lowest BCUT2D eigenvalue weighted by Gasteiger charge is -2.29. The van der Waals surface area contributed by atoms with Gasteiger partial charge in [0.25, 0.3) is 0 Å². The number of hydrogen-bond donors (Lipinski definition) is 2. The van der Waals surface area contributed by atoms with Gasteiger partial charge in [0.2, 0.25) is 5.95 Å². The Hall–Kier alpha value is -2.14. The average molecular weight is 354 g/mol. The summed E-state index contributed by atoms with van der Waals surface area (Å²) in [5.41, 5.74) is 2.70. The summed E-state index contributed by atoms with van der Waals surface area (Å²) in [5, 5.41) is 7.15. The molecule has 1 fully saturated rings. The molecule has 1 aromatic carbocycles. The van der Waals surface area contributed by atoms with Gasteiger partial charge < -0.3 is 15.5 Å². The Morgan fingerprint density at radius 2 is 1.92 bits per heavy atom. The number of aryl methyl sites for hydroxylation is 1. The first-order chi connectivity index (χ1) is 12.6. The monoisotopic (exact) mass is 353 g/mol. The van der Waals surface area contributed by atoms with Crippen LogP contribution in [0.5, 0.6) is 0 Å². The lowest BCUT2D eigenvalue weighted by atomic mass is 9.86. The summed E-state index contributed by atoms with van der Waals surface area (Å²) in [6.07, 6.45) is 6.71. The van der Waals surface area contributed by atoms with E-state index in [4.69, 9.17) is 0 Å². The Balaban J connectivity index is 1.39. The number of benzene rings is 1. The second-order valence-corrected chi connectivity index (χ2v) is 7.61. The molecule has 2 aromatic rings. The van der Waals surface area contributed by atoms with Gasteiger partial charge in [0.15, 0.2) is 0 Å². The van der Waals surface area contributed by atoms with Crippen LogP contribution in [0.4, 0.5) is 11.8 Å². The highest BCUT2D eigenvalue weighted by molar-refractivity contribution is 5.41. The van der Waals surface area contributed by atoms with E-state index in [2.05, 4.69) is 51.8 Å². The molecule has 1 heterocycles. The lowest BCUT2D eigenvalue weighted by Crippen LogP contribution is -2.31. The first-order valence-electron chi connectivity index (χ1n) is 9.63. The molecular formula is C21H31N5. The number of aromatic nitrogens is 2. The smallest absolute Gasteiger partial charge is 0.224 e. The standard InChI is InChI=1S/C21H31N5/c1-16-5-4-6-18(13-16)15-22-14-17-7-9-19(10-8-17)24-21-23-12-11-20(25-21)26(2)3/h4-6,11-13,17,19,22H,7-10,14-15H2,1-3H3,(H,23,24,25). The molecule has 1 aliphatic rings. The summed E-state index contributed by atoms with van der Waals surface area (Å²) in [6.45, 7) is 4.22. The van der Waals surface area contributed by atoms with Gasteiger partial charge in [-0.05, 0) is 56.7 Å². The number of nitrogens with zero attached hydrogens (tertiary/aromatic N) is 3. The zero-order valence-electron chi connectivity index (χ0n) is 16.2. The van der Waals surface area contributed by atoms with Crippen LogP contribution < -0.4 is 15.5 Å². The largest absolute Gasteiger partial charge is 0.363 e. The molecule has 140 valence electrons. The fourth-order valence-corrected chi connectivity index (χ4v) is 3.60. The minimum absolute atomic E-state index is 0.487. The number of nitrogens with one attached hydrogen (secondary N) is 2. The average Bonchev–Trinajstić information content (AvgIpc) is 2.63. The summed E-state index contributed by atoms with van der Waals surface area (Å²) >= 11 is 0. The van der Waals surface area contributed by atoms with Gasteiger partial charge in [-0.1, -0.05) is 29.8 Å². The third-order valence-electron chi connectivity index (χ3n) is 5.12. The summed E-state index contributed by atoms with van der Waals surface area (Å²) in [4.78, 5) is 10.9. The van der Waals surface area contributed by atoms with Crippen molar-refractivity contribution < 1.29 is 0 Å². The molecule has 0 aliphatic heterocycles. The van der Waals surface area contributed by atoms with E-state index in [1.54, 1.807) is 0 Å². The molecule has 2 N–H and O–H groups in total. The minimum Gasteiger partial charge on any atom is -0.363 e. The predicted molar refractivity (Wildman–Crippen MR) is 109 cm³/mol. The van der Waals surface area contributed by atoms with Crippen LogP contribution in [0.1, 0.15) is 36.8 Å². The van der Waals surface area contributed by atoms with Crippen LogP contribution in [0, 0.1) is 12.8 Å². The molecule has 5 heteroatoms. The number of anilines is 2. The minimum atomic E-state index is 0.487. The molecular weight excluding hydrogens is 322 g/mol. The van der Waals surface area contributed by atoms with E-state index in [0.717, 1.165) is 30.8 Å². The molecule has 0 atom stereocenters. The number of hydrogen-bond acceptors (Lipinski definition) is 5. The van der Waals surface area contributed by atoms with Crippen molar-refractivity contribution in [3.05, 3.63) is 47.7 Å². The fourth-order valence-electron chi connectivity index (χ4n) is 3.60. The Bertz CT molecular complexity index is 692. The summed E-state index contributed by atoms with van der Waals surface area (Å²) in [6, 6.07) is 11.2. The Morgan fingerprint density at radius 1 is 1.12 bits per heavy atom. The predicted octanol–water partition coefficient (Wildman–Crippen LogP) is 3.61. The molecule has 0 bridgehead atoms. The highest BCUT2D eigenvalue weighted by Gasteiger charge is 2.21. The molecule has 1 aliphatic carbocycles. The molecule has 3 rings (SSSR count). The van der Waals surface area contributed by atoms with Crippen LogP contribution in [0.3, 0.4) is 0 Å². The van der Waals surface area contributed by atoms with Crippen molar-refractivity contribution in [1.82, 2.24) is 15.3 Å². The fraction of sp³-hybridized carbons (Fsp3) is 0.524. The molecule has 1 saturated carbocycles. The van der Waals surface area contributed by atoms with E-state index in [1.807, 2.05) is 31.3 Å². The first kappa shape index (κ1) is 18.6. The third-order valence-corrected chi connectivity index (χ3v) is 5.12. The van der Waals surface area contributed by atoms with Crippen molar-refractivity contribution in [2.24, 2.45) is 5.92 Å². The first-order valence-corrected chi connectivity index (χ1v) is 9.63. The zero-order chi connectivity index (χ0) is 18.4. The SMILES string of the molecule is Cc1cccc(CNCC2CCC(Nc3nccc(N(C)C)n3)CC2)c1. The quantitative estimate of drug-likeness (QED) is 0.796. The zero-order valence-corrected chi connectivity index (χ0v) is 16.2. The van der Waals surface area contributed by atoms with Crippen molar-refractivity contribution in [3.63, 3.8) is 0 Å². The van der Waals surface area contributed by atoms with Gasteiger partial charge in [0.1, 0.15) is 5.82 Å². The molecule has 0 amide bonds. The summed E-state index contributed by atoms with van der Waals surface area (Å²) in [5.74, 6) is 2.46. The van der Waals surface area contributed by atoms with Gasteiger partial charge in [-0.25, -0.2) is 4.98 Å². The van der Waals surface area contributed by atoms with Gasteiger partial charge in [0.05, 0.1) is 0 Å². The maximum absolute atomic E-state index is 4.57. The highest BCUT2D eigenvalue weighted by Crippen LogP contribution is 2.25. The molecule has 0 radical (unpaired) electrons. The van der Waals surface area contributed by atoms with Gasteiger partial charge in [0, 0.05) is 32.9 Å². The second kappa shape index (κ2) is 8.99. The second-order valence-electron chi connectivity index (χ2n) is 7.61. The third kappa shape index (κ3) is 5.43. The normalized spacial score (nSPS) is 20.0. The molecule has 0 spiro atoms. The van der Waals surface area contributed by atoms with Crippen molar-refractivity contribution in [2.45, 2.75) is 45.2 Å². The number of rotatable bonds is 7. The van der Waals surface area contributed by atoms with E-state index < -0.39 is 0 Å². The van der Waals surface area contributed by atoms with Crippen molar-refractivity contribution >= 4 is 11.8 Å². The van der Waals surface area contributed by atoms with Crippen molar-refractivity contribution in [3.8, 4) is 0 Å². The van der Waals surface area contributed by atoms with E-state index in [1.165, 1.54) is 36.8 Å². The molecule has 1 aromatic heterocycles. The van der Waals surface area contributed by atoms with Crippen LogP contribution in [-0.4, -0.2) is 36.6 Å². The maximum Gasteiger partial charge on any atom is 0.224 e. The summed E-state index contributed by atoms with van der Waals surface area (Å²) < 4.78 is 0. The van der Waals surface area contributed by atoms with E-state index >= 15 is 0 Å². The van der Waals surface area contributed by atoms with Crippen LogP contribution >= 0.6 is 0 Å². The van der Waals surface area contributed by atoms with Gasteiger partial charge >= 0.3 is 0 Å². The van der Waals surface area contributed by atoms with Crippen molar-refractivity contribution in [2.75, 3.05) is 30.9 Å². The molecule has 0 saturated heterocycles. The molecule has 0 unspecified atom stereocenters. The van der Waals surface area contributed by atoms with Crippen LogP contribution in [0.2, 0.25) is 0 Å². The van der Waals surface area contributed by atoms with E-state index in [0.29, 0.717) is 6.04 Å². The van der Waals surface area contributed by atoms with Crippen LogP contribution in [0.15, 0.2) is 36.5 Å². The lowest BCUT2D eigenvalue weighted by molar-refractivity contribution is 0.323. The van der Waals surface area contributed by atoms with Gasteiger partial charge in [-0.15, -0.1) is 0 Å². The maximum atomic E-state index is 4.57. The topological polar surface area (TPSA) is 53.1 Å². The van der Waals surface area contributed by atoms with Crippen LogP contribution in [0.25, 0.3) is 0 Å². The molecule has 5 nitrogen and oxygen atoms in total. The Kier molecular flexibility index (Phi) is 6.45. The van der Waals surface area contributed by atoms with Gasteiger partial charge in [-0.3, -0.25) is 0 Å². The van der Waals surface area contributed by atoms with E-state index in [-0.39, 0.29) is 0 Å². The Morgan fingerprint density at radius 3 is 2.65 bits per heavy atom. The Labute approximate surface area is 157 Å². The van der Waals surface area contributed by atoms with Crippen LogP contribution in [-0.2, 0) is 6.54 Å². The van der Waals surface area contributed by atoms with E-state index in [9.17, 15) is 0 Å². The summed E-state index contributed by atoms with van der Waals surface area (Å²) in [7, 11) is 4.00. The van der Waals surface area contributed by atoms with Crippen molar-refractivity contribution in [1.29, 1.82) is 0 Å². The molecule has 26 heavy (non-hydrogen) atoms.